The number of halogens is 1. The molecule has 0 fully saturated rings. The molecule has 0 atom stereocenters. The van der Waals surface area contributed by atoms with Crippen LogP contribution in [0, 0.1) is 6.92 Å². The molecule has 0 heterocycles. The molecule has 0 aliphatic heterocycles. The fourth-order valence-corrected chi connectivity index (χ4v) is 2.69. The summed E-state index contributed by atoms with van der Waals surface area (Å²) in [5, 5.41) is 0. The Morgan fingerprint density at radius 2 is 1.45 bits per heavy atom. The largest absolute Gasteiger partial charge is 0.289 e. The minimum Gasteiger partial charge on any atom is -0.289 e. The molecule has 0 saturated heterocycles. The van der Waals surface area contributed by atoms with Gasteiger partial charge in [0, 0.05) is 15.6 Å². The molecule has 0 aliphatic rings. The van der Waals surface area contributed by atoms with Gasteiger partial charge in [0.2, 0.25) is 0 Å². The van der Waals surface area contributed by atoms with Gasteiger partial charge >= 0.3 is 0 Å². The van der Waals surface area contributed by atoms with Crippen molar-refractivity contribution in [3.8, 4) is 11.1 Å². The number of carbonyl (C=O) groups is 1. The van der Waals surface area contributed by atoms with Crippen LogP contribution in [0.15, 0.2) is 77.3 Å². The summed E-state index contributed by atoms with van der Waals surface area (Å²) in [6.45, 7) is 2.06. The minimum absolute atomic E-state index is 0.0451. The number of rotatable bonds is 3. The molecular weight excluding hydrogens is 336 g/mol. The second-order valence-electron chi connectivity index (χ2n) is 5.25. The highest BCUT2D eigenvalue weighted by Gasteiger charge is 2.14. The fraction of sp³-hybridized carbons (Fsp3) is 0.0500. The lowest BCUT2D eigenvalue weighted by Crippen LogP contribution is -2.03. The van der Waals surface area contributed by atoms with Crippen LogP contribution in [0.5, 0.6) is 0 Å². The Morgan fingerprint density at radius 1 is 0.818 bits per heavy atom. The van der Waals surface area contributed by atoms with E-state index in [1.54, 1.807) is 0 Å². The van der Waals surface area contributed by atoms with Gasteiger partial charge in [-0.3, -0.25) is 4.79 Å². The van der Waals surface area contributed by atoms with Crippen molar-refractivity contribution in [2.75, 3.05) is 0 Å². The van der Waals surface area contributed by atoms with E-state index in [0.717, 1.165) is 21.2 Å². The molecule has 0 radical (unpaired) electrons. The molecule has 2 heteroatoms. The molecule has 108 valence electrons. The third-order valence-corrected chi connectivity index (χ3v) is 4.17. The van der Waals surface area contributed by atoms with Crippen LogP contribution in [-0.2, 0) is 0 Å². The Labute approximate surface area is 138 Å². The second kappa shape index (κ2) is 6.29. The van der Waals surface area contributed by atoms with E-state index >= 15 is 0 Å². The summed E-state index contributed by atoms with van der Waals surface area (Å²) in [6.07, 6.45) is 0. The van der Waals surface area contributed by atoms with Crippen LogP contribution in [0.4, 0.5) is 0 Å². The Hall–Kier alpha value is -2.19. The molecule has 0 unspecified atom stereocenters. The molecule has 22 heavy (non-hydrogen) atoms. The van der Waals surface area contributed by atoms with E-state index in [1.807, 2.05) is 48.5 Å². The van der Waals surface area contributed by atoms with E-state index < -0.39 is 0 Å². The van der Waals surface area contributed by atoms with Gasteiger partial charge < -0.3 is 0 Å². The molecular formula is C20H15BrO. The molecule has 0 saturated carbocycles. The quantitative estimate of drug-likeness (QED) is 0.557. The second-order valence-corrected chi connectivity index (χ2v) is 6.16. The zero-order chi connectivity index (χ0) is 15.5. The van der Waals surface area contributed by atoms with Crippen LogP contribution >= 0.6 is 15.9 Å². The monoisotopic (exact) mass is 350 g/mol. The summed E-state index contributed by atoms with van der Waals surface area (Å²) in [7, 11) is 0. The maximum absolute atomic E-state index is 12.8. The van der Waals surface area contributed by atoms with Crippen LogP contribution in [0.1, 0.15) is 21.5 Å². The van der Waals surface area contributed by atoms with Gasteiger partial charge in [0.15, 0.2) is 5.78 Å². The first-order chi connectivity index (χ1) is 10.6. The maximum Gasteiger partial charge on any atom is 0.193 e. The first-order valence-corrected chi connectivity index (χ1v) is 7.91. The zero-order valence-electron chi connectivity index (χ0n) is 12.2. The SMILES string of the molecule is Cc1ccc(-c2ccccc2C(=O)c2ccc(Br)cc2)cc1. The van der Waals surface area contributed by atoms with Crippen molar-refractivity contribution >= 4 is 21.7 Å². The number of aryl methyl sites for hydroxylation is 1. The van der Waals surface area contributed by atoms with Crippen molar-refractivity contribution in [2.24, 2.45) is 0 Å². The first kappa shape index (κ1) is 14.7. The van der Waals surface area contributed by atoms with Gasteiger partial charge in [-0.15, -0.1) is 0 Å². The number of carbonyl (C=O) groups excluding carboxylic acids is 1. The Kier molecular flexibility index (Phi) is 4.21. The van der Waals surface area contributed by atoms with Crippen molar-refractivity contribution in [3.05, 3.63) is 94.0 Å². The third kappa shape index (κ3) is 3.02. The molecule has 3 aromatic carbocycles. The third-order valence-electron chi connectivity index (χ3n) is 3.64. The molecule has 0 N–H and O–H groups in total. The summed E-state index contributed by atoms with van der Waals surface area (Å²) < 4.78 is 0.968. The average molecular weight is 351 g/mol. The zero-order valence-corrected chi connectivity index (χ0v) is 13.8. The first-order valence-electron chi connectivity index (χ1n) is 7.11. The number of hydrogen-bond donors (Lipinski definition) is 0. The summed E-state index contributed by atoms with van der Waals surface area (Å²) in [4.78, 5) is 12.8. The standard InChI is InChI=1S/C20H15BrO/c1-14-6-8-15(9-7-14)18-4-2-3-5-19(18)20(22)16-10-12-17(21)13-11-16/h2-13H,1H3. The van der Waals surface area contributed by atoms with E-state index in [2.05, 4.69) is 47.1 Å². The summed E-state index contributed by atoms with van der Waals surface area (Å²) in [5.41, 5.74) is 4.67. The fourth-order valence-electron chi connectivity index (χ4n) is 2.42. The van der Waals surface area contributed by atoms with Crippen molar-refractivity contribution in [3.63, 3.8) is 0 Å². The number of benzene rings is 3. The Morgan fingerprint density at radius 3 is 2.14 bits per heavy atom. The minimum atomic E-state index is 0.0451. The predicted molar refractivity (Wildman–Crippen MR) is 94.2 cm³/mol. The van der Waals surface area contributed by atoms with Gasteiger partial charge in [-0.2, -0.15) is 0 Å². The topological polar surface area (TPSA) is 17.1 Å². The van der Waals surface area contributed by atoms with E-state index in [9.17, 15) is 4.79 Å². The van der Waals surface area contributed by atoms with Gasteiger partial charge in [0.1, 0.15) is 0 Å². The normalized spacial score (nSPS) is 10.5. The highest BCUT2D eigenvalue weighted by molar-refractivity contribution is 9.10. The lowest BCUT2D eigenvalue weighted by molar-refractivity contribution is 0.103. The van der Waals surface area contributed by atoms with E-state index in [1.165, 1.54) is 5.56 Å². The summed E-state index contributed by atoms with van der Waals surface area (Å²) >= 11 is 3.40. The van der Waals surface area contributed by atoms with E-state index in [4.69, 9.17) is 0 Å². The summed E-state index contributed by atoms with van der Waals surface area (Å²) in [6, 6.07) is 23.5. The van der Waals surface area contributed by atoms with Crippen LogP contribution in [-0.4, -0.2) is 5.78 Å². The van der Waals surface area contributed by atoms with Crippen LogP contribution in [0.25, 0.3) is 11.1 Å². The molecule has 3 aromatic rings. The molecule has 0 spiro atoms. The highest BCUT2D eigenvalue weighted by atomic mass is 79.9. The van der Waals surface area contributed by atoms with Crippen molar-refractivity contribution < 1.29 is 4.79 Å². The number of hydrogen-bond acceptors (Lipinski definition) is 1. The maximum atomic E-state index is 12.8. The van der Waals surface area contributed by atoms with Gasteiger partial charge in [0.25, 0.3) is 0 Å². The van der Waals surface area contributed by atoms with Crippen LogP contribution < -0.4 is 0 Å². The van der Waals surface area contributed by atoms with E-state index in [0.29, 0.717) is 5.56 Å². The van der Waals surface area contributed by atoms with Crippen LogP contribution in [0.2, 0.25) is 0 Å². The molecule has 0 bridgehead atoms. The summed E-state index contributed by atoms with van der Waals surface area (Å²) in [5.74, 6) is 0.0451. The average Bonchev–Trinajstić information content (AvgIpc) is 2.56. The van der Waals surface area contributed by atoms with E-state index in [-0.39, 0.29) is 5.78 Å². The molecule has 3 rings (SSSR count). The Bertz CT molecular complexity index is 802. The van der Waals surface area contributed by atoms with Crippen molar-refractivity contribution in [1.29, 1.82) is 0 Å². The molecule has 0 amide bonds. The van der Waals surface area contributed by atoms with Gasteiger partial charge in [-0.1, -0.05) is 70.0 Å². The molecule has 0 aliphatic carbocycles. The van der Waals surface area contributed by atoms with Gasteiger partial charge in [-0.05, 0) is 42.3 Å². The lowest BCUT2D eigenvalue weighted by atomic mass is 9.93. The Balaban J connectivity index is 2.06. The molecule has 1 nitrogen and oxygen atoms in total. The van der Waals surface area contributed by atoms with Crippen molar-refractivity contribution in [2.45, 2.75) is 6.92 Å². The van der Waals surface area contributed by atoms with Crippen molar-refractivity contribution in [1.82, 2.24) is 0 Å². The van der Waals surface area contributed by atoms with Crippen LogP contribution in [0.3, 0.4) is 0 Å². The molecule has 0 aromatic heterocycles. The van der Waals surface area contributed by atoms with Gasteiger partial charge in [-0.25, -0.2) is 0 Å². The lowest BCUT2D eigenvalue weighted by Gasteiger charge is -2.09. The number of ketones is 1. The smallest absolute Gasteiger partial charge is 0.193 e. The van der Waals surface area contributed by atoms with Gasteiger partial charge in [0.05, 0.1) is 0 Å². The highest BCUT2D eigenvalue weighted by Crippen LogP contribution is 2.26. The predicted octanol–water partition coefficient (Wildman–Crippen LogP) is 5.66.